The Kier molecular flexibility index (Phi) is 2.65. The van der Waals surface area contributed by atoms with Gasteiger partial charge in [0.15, 0.2) is 0 Å². The first-order valence-corrected chi connectivity index (χ1v) is 4.81. The van der Waals surface area contributed by atoms with E-state index in [0.717, 1.165) is 18.9 Å². The zero-order valence-electron chi connectivity index (χ0n) is 8.01. The average molecular weight is 216 g/mol. The fraction of sp³-hybridized carbons (Fsp3) is 0.500. The standard InChI is InChI=1S/C10H11F3N2/c11-10(12,13)9-3-4-14-5-7(9)6-15-8-1-2-8/h3-5,8,15H,1-2,6H2. The highest BCUT2D eigenvalue weighted by Gasteiger charge is 2.33. The fourth-order valence-corrected chi connectivity index (χ4v) is 1.39. The van der Waals surface area contributed by atoms with Gasteiger partial charge < -0.3 is 5.32 Å². The second kappa shape index (κ2) is 3.81. The van der Waals surface area contributed by atoms with Gasteiger partial charge in [0, 0.05) is 25.0 Å². The van der Waals surface area contributed by atoms with Crippen LogP contribution in [-0.4, -0.2) is 11.0 Å². The summed E-state index contributed by atoms with van der Waals surface area (Å²) in [6.45, 7) is 0.243. The van der Waals surface area contributed by atoms with Crippen LogP contribution in [0.4, 0.5) is 13.2 Å². The Bertz CT molecular complexity index is 345. The Labute approximate surface area is 85.5 Å². The van der Waals surface area contributed by atoms with Gasteiger partial charge in [0.2, 0.25) is 0 Å². The molecule has 15 heavy (non-hydrogen) atoms. The molecule has 0 aliphatic heterocycles. The van der Waals surface area contributed by atoms with Crippen LogP contribution in [0.1, 0.15) is 24.0 Å². The molecule has 0 amide bonds. The van der Waals surface area contributed by atoms with Crippen LogP contribution in [0, 0.1) is 0 Å². The van der Waals surface area contributed by atoms with Crippen molar-refractivity contribution in [1.29, 1.82) is 0 Å². The Morgan fingerprint density at radius 3 is 2.73 bits per heavy atom. The van der Waals surface area contributed by atoms with Crippen LogP contribution in [0.3, 0.4) is 0 Å². The average Bonchev–Trinajstić information content (AvgIpc) is 2.97. The monoisotopic (exact) mass is 216 g/mol. The maximum absolute atomic E-state index is 12.5. The van der Waals surface area contributed by atoms with Crippen molar-refractivity contribution < 1.29 is 13.2 Å². The first kappa shape index (κ1) is 10.4. The Balaban J connectivity index is 2.13. The second-order valence-corrected chi connectivity index (χ2v) is 3.69. The smallest absolute Gasteiger partial charge is 0.310 e. The van der Waals surface area contributed by atoms with Crippen LogP contribution < -0.4 is 5.32 Å². The molecular weight excluding hydrogens is 205 g/mol. The maximum atomic E-state index is 12.5. The molecule has 0 atom stereocenters. The van der Waals surface area contributed by atoms with Crippen LogP contribution in [0.15, 0.2) is 18.5 Å². The summed E-state index contributed by atoms with van der Waals surface area (Å²) in [7, 11) is 0. The second-order valence-electron chi connectivity index (χ2n) is 3.69. The van der Waals surface area contributed by atoms with Gasteiger partial charge in [-0.2, -0.15) is 13.2 Å². The highest BCUT2D eigenvalue weighted by Crippen LogP contribution is 2.31. The summed E-state index contributed by atoms with van der Waals surface area (Å²) in [5.41, 5.74) is -0.373. The molecule has 1 fully saturated rings. The quantitative estimate of drug-likeness (QED) is 0.838. The molecule has 1 aromatic heterocycles. The minimum Gasteiger partial charge on any atom is -0.310 e. The van der Waals surface area contributed by atoms with Crippen molar-refractivity contribution in [2.75, 3.05) is 0 Å². The number of aromatic nitrogens is 1. The molecule has 0 unspecified atom stereocenters. The van der Waals surface area contributed by atoms with Crippen LogP contribution in [0.5, 0.6) is 0 Å². The van der Waals surface area contributed by atoms with Crippen LogP contribution in [0.2, 0.25) is 0 Å². The minimum absolute atomic E-state index is 0.219. The van der Waals surface area contributed by atoms with Crippen LogP contribution in [0.25, 0.3) is 0 Å². The van der Waals surface area contributed by atoms with Gasteiger partial charge in [-0.05, 0) is 24.5 Å². The molecule has 1 aliphatic carbocycles. The van der Waals surface area contributed by atoms with E-state index in [4.69, 9.17) is 0 Å². The summed E-state index contributed by atoms with van der Waals surface area (Å²) in [5.74, 6) is 0. The zero-order chi connectivity index (χ0) is 10.9. The van der Waals surface area contributed by atoms with Crippen molar-refractivity contribution in [2.24, 2.45) is 0 Å². The van der Waals surface area contributed by atoms with E-state index >= 15 is 0 Å². The molecule has 0 aromatic carbocycles. The fourth-order valence-electron chi connectivity index (χ4n) is 1.39. The third kappa shape index (κ3) is 2.68. The molecule has 0 radical (unpaired) electrons. The highest BCUT2D eigenvalue weighted by molar-refractivity contribution is 5.26. The van der Waals surface area contributed by atoms with Gasteiger partial charge in [0.1, 0.15) is 0 Å². The van der Waals surface area contributed by atoms with Crippen molar-refractivity contribution in [2.45, 2.75) is 31.6 Å². The highest BCUT2D eigenvalue weighted by atomic mass is 19.4. The molecule has 1 aliphatic rings. The van der Waals surface area contributed by atoms with E-state index in [0.29, 0.717) is 6.04 Å². The van der Waals surface area contributed by atoms with Crippen LogP contribution >= 0.6 is 0 Å². The van der Waals surface area contributed by atoms with E-state index < -0.39 is 11.7 Å². The third-order valence-electron chi connectivity index (χ3n) is 2.37. The number of alkyl halides is 3. The van der Waals surface area contributed by atoms with Crippen molar-refractivity contribution in [3.05, 3.63) is 29.6 Å². The number of halogens is 3. The molecule has 82 valence electrons. The zero-order valence-corrected chi connectivity index (χ0v) is 8.01. The van der Waals surface area contributed by atoms with Gasteiger partial charge in [-0.3, -0.25) is 4.98 Å². The number of hydrogen-bond donors (Lipinski definition) is 1. The van der Waals surface area contributed by atoms with Gasteiger partial charge >= 0.3 is 6.18 Å². The maximum Gasteiger partial charge on any atom is 0.416 e. The number of hydrogen-bond acceptors (Lipinski definition) is 2. The topological polar surface area (TPSA) is 24.9 Å². The number of nitrogens with zero attached hydrogens (tertiary/aromatic N) is 1. The normalized spacial score (nSPS) is 16.7. The Morgan fingerprint density at radius 2 is 2.13 bits per heavy atom. The molecule has 1 N–H and O–H groups in total. The summed E-state index contributed by atoms with van der Waals surface area (Å²) < 4.78 is 37.6. The predicted molar refractivity (Wildman–Crippen MR) is 49.1 cm³/mol. The van der Waals surface area contributed by atoms with Gasteiger partial charge in [0.05, 0.1) is 5.56 Å². The summed E-state index contributed by atoms with van der Waals surface area (Å²) >= 11 is 0. The van der Waals surface area contributed by atoms with Crippen molar-refractivity contribution >= 4 is 0 Å². The predicted octanol–water partition coefficient (Wildman–Crippen LogP) is 2.35. The molecule has 5 heteroatoms. The van der Waals surface area contributed by atoms with Crippen LogP contribution in [-0.2, 0) is 12.7 Å². The first-order chi connectivity index (χ1) is 7.07. The van der Waals surface area contributed by atoms with E-state index in [1.54, 1.807) is 0 Å². The van der Waals surface area contributed by atoms with E-state index in [-0.39, 0.29) is 12.1 Å². The first-order valence-electron chi connectivity index (χ1n) is 4.81. The SMILES string of the molecule is FC(F)(F)c1ccncc1CNC1CC1. The lowest BCUT2D eigenvalue weighted by Gasteiger charge is -2.12. The number of pyridine rings is 1. The van der Waals surface area contributed by atoms with Crippen molar-refractivity contribution in [3.8, 4) is 0 Å². The lowest BCUT2D eigenvalue weighted by molar-refractivity contribution is -0.138. The molecule has 1 aromatic rings. The van der Waals surface area contributed by atoms with E-state index in [9.17, 15) is 13.2 Å². The number of nitrogens with one attached hydrogen (secondary N) is 1. The summed E-state index contributed by atoms with van der Waals surface area (Å²) in [6, 6.07) is 1.41. The largest absolute Gasteiger partial charge is 0.416 e. The lowest BCUT2D eigenvalue weighted by atomic mass is 10.1. The van der Waals surface area contributed by atoms with Gasteiger partial charge in [-0.15, -0.1) is 0 Å². The van der Waals surface area contributed by atoms with Gasteiger partial charge in [0.25, 0.3) is 0 Å². The lowest BCUT2D eigenvalue weighted by Crippen LogP contribution is -2.19. The molecule has 0 saturated heterocycles. The van der Waals surface area contributed by atoms with E-state index in [2.05, 4.69) is 10.3 Å². The van der Waals surface area contributed by atoms with Gasteiger partial charge in [-0.25, -0.2) is 0 Å². The molecule has 1 heterocycles. The third-order valence-corrected chi connectivity index (χ3v) is 2.37. The molecular formula is C10H11F3N2. The minimum atomic E-state index is -4.29. The van der Waals surface area contributed by atoms with E-state index in [1.807, 2.05) is 0 Å². The molecule has 0 bridgehead atoms. The summed E-state index contributed by atoms with van der Waals surface area (Å²) in [4.78, 5) is 3.72. The van der Waals surface area contributed by atoms with E-state index in [1.165, 1.54) is 12.4 Å². The summed E-state index contributed by atoms with van der Waals surface area (Å²) in [6.07, 6.45) is 0.272. The molecule has 0 spiro atoms. The van der Waals surface area contributed by atoms with Gasteiger partial charge in [-0.1, -0.05) is 0 Å². The molecule has 2 rings (SSSR count). The molecule has 2 nitrogen and oxygen atoms in total. The molecule has 1 saturated carbocycles. The Hall–Kier alpha value is -1.10. The van der Waals surface area contributed by atoms with Crippen molar-refractivity contribution in [1.82, 2.24) is 10.3 Å². The Morgan fingerprint density at radius 1 is 1.40 bits per heavy atom. The number of rotatable bonds is 3. The van der Waals surface area contributed by atoms with Crippen molar-refractivity contribution in [3.63, 3.8) is 0 Å². The summed E-state index contributed by atoms with van der Waals surface area (Å²) in [5, 5.41) is 3.05.